The molecular weight excluding hydrogens is 502 g/mol. The van der Waals surface area contributed by atoms with Gasteiger partial charge in [-0.2, -0.15) is 13.2 Å². The Morgan fingerprint density at radius 1 is 1.03 bits per heavy atom. The summed E-state index contributed by atoms with van der Waals surface area (Å²) >= 11 is 0. The molecule has 1 atom stereocenters. The van der Waals surface area contributed by atoms with Gasteiger partial charge in [-0.15, -0.1) is 0 Å². The van der Waals surface area contributed by atoms with Crippen molar-refractivity contribution < 1.29 is 36.2 Å². The largest absolute Gasteiger partial charge is 0.504 e. The van der Waals surface area contributed by atoms with Crippen LogP contribution in [0.3, 0.4) is 0 Å². The standard InChI is InChI=1S/C24H23F4N3O4S/c1-36(34,35)18-5-6-19(15-3-2-4-17(25)11-15)20(13-18)23(33)31-9-7-30(8-10-31)22-21(32)12-16(14-29-22)24(26,27)28/h2-6,11-14,23,32-33H,7-10H2,1H3/t23-/m1/s1. The Balaban J connectivity index is 1.59. The van der Waals surface area contributed by atoms with Crippen LogP contribution in [0.1, 0.15) is 17.4 Å². The minimum Gasteiger partial charge on any atom is -0.504 e. The minimum atomic E-state index is -4.63. The highest BCUT2D eigenvalue weighted by Gasteiger charge is 2.33. The van der Waals surface area contributed by atoms with Crippen molar-refractivity contribution in [3.63, 3.8) is 0 Å². The fraction of sp³-hybridized carbons (Fsp3) is 0.292. The number of alkyl halides is 3. The van der Waals surface area contributed by atoms with Gasteiger partial charge in [0.15, 0.2) is 21.4 Å². The fourth-order valence-corrected chi connectivity index (χ4v) is 4.78. The van der Waals surface area contributed by atoms with Crippen molar-refractivity contribution in [1.29, 1.82) is 0 Å². The number of rotatable bonds is 5. The van der Waals surface area contributed by atoms with Gasteiger partial charge in [-0.25, -0.2) is 17.8 Å². The Bertz CT molecular complexity index is 1370. The highest BCUT2D eigenvalue weighted by atomic mass is 32.2. The zero-order valence-electron chi connectivity index (χ0n) is 19.1. The van der Waals surface area contributed by atoms with E-state index in [1.807, 2.05) is 0 Å². The normalized spacial score (nSPS) is 16.2. The van der Waals surface area contributed by atoms with Gasteiger partial charge in [0.25, 0.3) is 0 Å². The van der Waals surface area contributed by atoms with Crippen molar-refractivity contribution in [1.82, 2.24) is 9.88 Å². The number of aromatic hydroxyl groups is 1. The van der Waals surface area contributed by atoms with E-state index in [-0.39, 0.29) is 42.5 Å². The summed E-state index contributed by atoms with van der Waals surface area (Å²) in [6, 6.07) is 10.6. The smallest absolute Gasteiger partial charge is 0.418 e. The second kappa shape index (κ2) is 9.68. The van der Waals surface area contributed by atoms with Crippen molar-refractivity contribution >= 4 is 15.7 Å². The Labute approximate surface area is 205 Å². The molecule has 1 fully saturated rings. The van der Waals surface area contributed by atoms with Crippen LogP contribution in [-0.4, -0.2) is 60.9 Å². The number of hydrogen-bond acceptors (Lipinski definition) is 7. The number of nitrogens with zero attached hydrogens (tertiary/aromatic N) is 3. The quantitative estimate of drug-likeness (QED) is 0.489. The van der Waals surface area contributed by atoms with E-state index in [4.69, 9.17) is 0 Å². The van der Waals surface area contributed by atoms with Gasteiger partial charge in [-0.3, -0.25) is 4.90 Å². The van der Waals surface area contributed by atoms with Crippen LogP contribution < -0.4 is 4.90 Å². The molecule has 0 saturated carbocycles. The van der Waals surface area contributed by atoms with E-state index >= 15 is 0 Å². The summed E-state index contributed by atoms with van der Waals surface area (Å²) in [5.41, 5.74) is 0.126. The number of aliphatic hydroxyl groups is 1. The van der Waals surface area contributed by atoms with Crippen molar-refractivity contribution in [2.45, 2.75) is 17.3 Å². The van der Waals surface area contributed by atoms with E-state index in [2.05, 4.69) is 4.98 Å². The number of sulfone groups is 1. The molecule has 0 amide bonds. The third kappa shape index (κ3) is 5.45. The first-order chi connectivity index (χ1) is 16.8. The molecule has 1 aromatic heterocycles. The first kappa shape index (κ1) is 25.9. The van der Waals surface area contributed by atoms with Crippen LogP contribution in [0.4, 0.5) is 23.4 Å². The predicted molar refractivity (Wildman–Crippen MR) is 125 cm³/mol. The van der Waals surface area contributed by atoms with Crippen molar-refractivity contribution in [3.05, 3.63) is 71.7 Å². The van der Waals surface area contributed by atoms with Gasteiger partial charge in [0, 0.05) is 44.2 Å². The summed E-state index contributed by atoms with van der Waals surface area (Å²) in [5, 5.41) is 21.3. The molecule has 7 nitrogen and oxygen atoms in total. The molecule has 192 valence electrons. The molecule has 1 aliphatic rings. The van der Waals surface area contributed by atoms with E-state index < -0.39 is 39.4 Å². The van der Waals surface area contributed by atoms with Crippen LogP contribution in [0.25, 0.3) is 11.1 Å². The van der Waals surface area contributed by atoms with E-state index in [9.17, 15) is 36.2 Å². The van der Waals surface area contributed by atoms with Crippen molar-refractivity contribution in [2.24, 2.45) is 0 Å². The number of hydrogen-bond donors (Lipinski definition) is 2. The first-order valence-corrected chi connectivity index (χ1v) is 12.8. The molecule has 1 aliphatic heterocycles. The number of anilines is 1. The highest BCUT2D eigenvalue weighted by Crippen LogP contribution is 2.36. The second-order valence-corrected chi connectivity index (χ2v) is 10.5. The Kier molecular flexibility index (Phi) is 6.95. The maximum absolute atomic E-state index is 13.9. The van der Waals surface area contributed by atoms with Gasteiger partial charge in [0.2, 0.25) is 0 Å². The molecular formula is C24H23F4N3O4S. The van der Waals surface area contributed by atoms with Crippen molar-refractivity contribution in [2.75, 3.05) is 37.3 Å². The molecule has 0 unspecified atom stereocenters. The first-order valence-electron chi connectivity index (χ1n) is 10.9. The van der Waals surface area contributed by atoms with Crippen LogP contribution in [0.5, 0.6) is 5.75 Å². The lowest BCUT2D eigenvalue weighted by Crippen LogP contribution is -2.48. The number of halogens is 4. The number of aliphatic hydroxyl groups excluding tert-OH is 1. The number of aromatic nitrogens is 1. The minimum absolute atomic E-state index is 0.00309. The summed E-state index contributed by atoms with van der Waals surface area (Å²) in [4.78, 5) is 7.02. The molecule has 3 aromatic rings. The number of benzene rings is 2. The summed E-state index contributed by atoms with van der Waals surface area (Å²) in [7, 11) is -3.59. The second-order valence-electron chi connectivity index (χ2n) is 8.49. The van der Waals surface area contributed by atoms with Crippen LogP contribution in [-0.2, 0) is 16.0 Å². The third-order valence-electron chi connectivity index (χ3n) is 6.00. The third-order valence-corrected chi connectivity index (χ3v) is 7.11. The van der Waals surface area contributed by atoms with Crippen LogP contribution >= 0.6 is 0 Å². The molecule has 2 N–H and O–H groups in total. The number of piperazine rings is 1. The van der Waals surface area contributed by atoms with Gasteiger partial charge < -0.3 is 15.1 Å². The average Bonchev–Trinajstić information content (AvgIpc) is 2.82. The molecule has 4 rings (SSSR count). The zero-order chi connectivity index (χ0) is 26.3. The highest BCUT2D eigenvalue weighted by molar-refractivity contribution is 7.90. The van der Waals surface area contributed by atoms with E-state index in [0.29, 0.717) is 23.4 Å². The van der Waals surface area contributed by atoms with Gasteiger partial charge in [-0.1, -0.05) is 18.2 Å². The number of pyridine rings is 1. The van der Waals surface area contributed by atoms with Gasteiger partial charge >= 0.3 is 6.18 Å². The van der Waals surface area contributed by atoms with Gasteiger partial charge in [0.1, 0.15) is 12.0 Å². The Morgan fingerprint density at radius 2 is 1.72 bits per heavy atom. The molecule has 2 heterocycles. The van der Waals surface area contributed by atoms with Crippen LogP contribution in [0.15, 0.2) is 59.6 Å². The van der Waals surface area contributed by atoms with Crippen LogP contribution in [0, 0.1) is 5.82 Å². The molecule has 1 saturated heterocycles. The lowest BCUT2D eigenvalue weighted by Gasteiger charge is -2.38. The molecule has 12 heteroatoms. The molecule has 0 radical (unpaired) electrons. The topological polar surface area (TPSA) is 94.0 Å². The average molecular weight is 526 g/mol. The van der Waals surface area contributed by atoms with Crippen LogP contribution in [0.2, 0.25) is 0 Å². The van der Waals surface area contributed by atoms with E-state index in [1.165, 1.54) is 36.4 Å². The van der Waals surface area contributed by atoms with Gasteiger partial charge in [0.05, 0.1) is 10.5 Å². The van der Waals surface area contributed by atoms with Crippen molar-refractivity contribution in [3.8, 4) is 16.9 Å². The van der Waals surface area contributed by atoms with E-state index in [0.717, 1.165) is 6.26 Å². The summed E-state index contributed by atoms with van der Waals surface area (Å²) < 4.78 is 76.7. The predicted octanol–water partition coefficient (Wildman–Crippen LogP) is 3.83. The van der Waals surface area contributed by atoms with Gasteiger partial charge in [-0.05, 0) is 41.5 Å². The summed E-state index contributed by atoms with van der Waals surface area (Å²) in [6.07, 6.45) is -4.19. The maximum atomic E-state index is 13.9. The summed E-state index contributed by atoms with van der Waals surface area (Å²) in [6.45, 7) is 0.915. The molecule has 36 heavy (non-hydrogen) atoms. The molecule has 0 bridgehead atoms. The maximum Gasteiger partial charge on any atom is 0.418 e. The van der Waals surface area contributed by atoms with E-state index in [1.54, 1.807) is 15.9 Å². The lowest BCUT2D eigenvalue weighted by molar-refractivity contribution is -0.137. The Hall–Kier alpha value is -3.22. The zero-order valence-corrected chi connectivity index (χ0v) is 19.9. The Morgan fingerprint density at radius 3 is 2.31 bits per heavy atom. The fourth-order valence-electron chi connectivity index (χ4n) is 4.12. The molecule has 0 spiro atoms. The molecule has 0 aliphatic carbocycles. The lowest BCUT2D eigenvalue weighted by atomic mass is 9.97. The molecule has 2 aromatic carbocycles. The summed E-state index contributed by atoms with van der Waals surface area (Å²) in [5.74, 6) is -1.10. The monoisotopic (exact) mass is 525 g/mol. The SMILES string of the molecule is CS(=O)(=O)c1ccc(-c2cccc(F)c2)c([C@@H](O)N2CCN(c3ncc(C(F)(F)F)cc3O)CC2)c1.